The lowest BCUT2D eigenvalue weighted by Gasteiger charge is -2.21. The molecule has 1 aromatic heterocycles. The normalized spacial score (nSPS) is 16.9. The van der Waals surface area contributed by atoms with E-state index in [0.29, 0.717) is 24.1 Å². The first kappa shape index (κ1) is 17.3. The molecular weight excluding hydrogens is 355 g/mol. The first-order valence-electron chi connectivity index (χ1n) is 8.51. The summed E-state index contributed by atoms with van der Waals surface area (Å²) < 4.78 is 38.6. The quantitative estimate of drug-likeness (QED) is 0.675. The van der Waals surface area contributed by atoms with Gasteiger partial charge >= 0.3 is 6.18 Å². The van der Waals surface area contributed by atoms with Gasteiger partial charge in [0, 0.05) is 17.8 Å². The zero-order valence-corrected chi connectivity index (χ0v) is 14.2. The molecule has 2 aromatic carbocycles. The zero-order chi connectivity index (χ0) is 19.0. The monoisotopic (exact) mass is 371 g/mol. The highest BCUT2D eigenvalue weighted by molar-refractivity contribution is 6.03. The summed E-state index contributed by atoms with van der Waals surface area (Å²) in [5, 5.41) is 9.84. The van der Waals surface area contributed by atoms with Crippen LogP contribution in [0.15, 0.2) is 54.6 Å². The molecule has 1 aliphatic carbocycles. The second-order valence-electron chi connectivity index (χ2n) is 6.57. The Morgan fingerprint density at radius 2 is 1.81 bits per heavy atom. The Morgan fingerprint density at radius 1 is 1.04 bits per heavy atom. The molecule has 0 amide bonds. The number of fused-ring (bicyclic) bond motifs is 1. The van der Waals surface area contributed by atoms with E-state index in [1.54, 1.807) is 0 Å². The molecule has 2 N–H and O–H groups in total. The number of hydrogen-bond acceptors (Lipinski definition) is 3. The summed E-state index contributed by atoms with van der Waals surface area (Å²) >= 11 is 0. The van der Waals surface area contributed by atoms with Gasteiger partial charge in [-0.1, -0.05) is 36.4 Å². The molecule has 0 saturated heterocycles. The second kappa shape index (κ2) is 6.57. The van der Waals surface area contributed by atoms with Crippen LogP contribution in [0.4, 0.5) is 24.7 Å². The summed E-state index contributed by atoms with van der Waals surface area (Å²) in [6.07, 6.45) is -3.46. The molecule has 0 spiro atoms. The van der Waals surface area contributed by atoms with Gasteiger partial charge in [-0.2, -0.15) is 18.3 Å². The molecule has 1 atom stereocenters. The number of rotatable bonds is 3. The van der Waals surface area contributed by atoms with Crippen molar-refractivity contribution in [3.05, 3.63) is 77.0 Å². The van der Waals surface area contributed by atoms with Gasteiger partial charge in [-0.05, 0) is 36.1 Å². The molecule has 0 aliphatic heterocycles. The maximum Gasteiger partial charge on any atom is 0.416 e. The van der Waals surface area contributed by atoms with Crippen LogP contribution in [0.2, 0.25) is 0 Å². The van der Waals surface area contributed by atoms with Crippen molar-refractivity contribution in [2.45, 2.75) is 24.9 Å². The fraction of sp³-hybridized carbons (Fsp3) is 0.200. The summed E-state index contributed by atoms with van der Waals surface area (Å²) in [6.45, 7) is 0. The van der Waals surface area contributed by atoms with Crippen molar-refractivity contribution in [1.82, 2.24) is 10.2 Å². The van der Waals surface area contributed by atoms with Crippen LogP contribution in [-0.2, 0) is 12.6 Å². The van der Waals surface area contributed by atoms with Gasteiger partial charge in [-0.3, -0.25) is 9.89 Å². The Hall–Kier alpha value is -3.09. The number of H-pyrrole nitrogens is 1. The number of ketones is 1. The summed E-state index contributed by atoms with van der Waals surface area (Å²) in [5.41, 5.74) is 1.69. The number of nitrogens with one attached hydrogen (secondary N) is 2. The van der Waals surface area contributed by atoms with Crippen molar-refractivity contribution in [3.8, 4) is 0 Å². The van der Waals surface area contributed by atoms with Crippen LogP contribution in [0.25, 0.3) is 0 Å². The van der Waals surface area contributed by atoms with Gasteiger partial charge in [-0.25, -0.2) is 0 Å². The molecule has 0 radical (unpaired) electrons. The smallest absolute Gasteiger partial charge is 0.338 e. The number of halogens is 3. The Balaban J connectivity index is 1.60. The van der Waals surface area contributed by atoms with Gasteiger partial charge in [0.25, 0.3) is 0 Å². The number of anilines is 2. The van der Waals surface area contributed by atoms with Crippen LogP contribution in [0.3, 0.4) is 0 Å². The average Bonchev–Trinajstić information content (AvgIpc) is 3.05. The number of hydrogen-bond donors (Lipinski definition) is 2. The molecule has 1 heterocycles. The van der Waals surface area contributed by atoms with Crippen molar-refractivity contribution in [2.24, 2.45) is 0 Å². The highest BCUT2D eigenvalue weighted by Crippen LogP contribution is 2.36. The van der Waals surface area contributed by atoms with Crippen LogP contribution in [0.5, 0.6) is 0 Å². The Kier molecular flexibility index (Phi) is 4.22. The summed E-state index contributed by atoms with van der Waals surface area (Å²) in [4.78, 5) is 12.7. The van der Waals surface area contributed by atoms with E-state index >= 15 is 0 Å². The van der Waals surface area contributed by atoms with E-state index < -0.39 is 11.7 Å². The first-order valence-corrected chi connectivity index (χ1v) is 8.51. The first-order chi connectivity index (χ1) is 12.9. The topological polar surface area (TPSA) is 57.8 Å². The van der Waals surface area contributed by atoms with E-state index in [1.807, 2.05) is 30.3 Å². The average molecular weight is 371 g/mol. The van der Waals surface area contributed by atoms with Gasteiger partial charge < -0.3 is 5.32 Å². The van der Waals surface area contributed by atoms with Crippen molar-refractivity contribution in [1.29, 1.82) is 0 Å². The zero-order valence-electron chi connectivity index (χ0n) is 14.2. The van der Waals surface area contributed by atoms with Crippen molar-refractivity contribution >= 4 is 17.3 Å². The van der Waals surface area contributed by atoms with Crippen molar-refractivity contribution in [3.63, 3.8) is 0 Å². The molecule has 0 saturated carbocycles. The Bertz CT molecular complexity index is 980. The number of aromatic nitrogens is 2. The molecule has 1 aliphatic rings. The predicted molar refractivity (Wildman–Crippen MR) is 95.1 cm³/mol. The van der Waals surface area contributed by atoms with E-state index in [2.05, 4.69) is 15.5 Å². The Labute approximate surface area is 153 Å². The Morgan fingerprint density at radius 3 is 2.56 bits per heavy atom. The van der Waals surface area contributed by atoms with Crippen LogP contribution in [0.1, 0.15) is 39.5 Å². The summed E-state index contributed by atoms with van der Waals surface area (Å²) in [6, 6.07) is 14.6. The third-order valence-corrected chi connectivity index (χ3v) is 4.73. The predicted octanol–water partition coefficient (Wildman–Crippen LogP) is 5.08. The van der Waals surface area contributed by atoms with Gasteiger partial charge in [-0.15, -0.1) is 0 Å². The molecular formula is C20H16F3N3O. The van der Waals surface area contributed by atoms with Crippen LogP contribution in [0, 0.1) is 0 Å². The molecule has 0 fully saturated rings. The highest BCUT2D eigenvalue weighted by atomic mass is 19.4. The standard InChI is InChI=1S/C20H16F3N3O/c21-20(22,23)14-7-4-8-15(11-14)24-19-18-16(25-26-19)9-13(10-17(18)27)12-5-2-1-3-6-12/h1-8,11,13H,9-10H2,(H2,24,25,26). The summed E-state index contributed by atoms with van der Waals surface area (Å²) in [5.74, 6) is 0.252. The maximum absolute atomic E-state index is 12.9. The van der Waals surface area contributed by atoms with E-state index in [9.17, 15) is 18.0 Å². The van der Waals surface area contributed by atoms with Gasteiger partial charge in [0.1, 0.15) is 0 Å². The third-order valence-electron chi connectivity index (χ3n) is 4.73. The second-order valence-corrected chi connectivity index (χ2v) is 6.57. The molecule has 1 unspecified atom stereocenters. The molecule has 3 aromatic rings. The minimum Gasteiger partial charge on any atom is -0.338 e. The fourth-order valence-electron chi connectivity index (χ4n) is 3.43. The largest absolute Gasteiger partial charge is 0.416 e. The number of carbonyl (C=O) groups excluding carboxylic acids is 1. The molecule has 27 heavy (non-hydrogen) atoms. The van der Waals surface area contributed by atoms with E-state index in [4.69, 9.17) is 0 Å². The molecule has 4 rings (SSSR count). The van der Waals surface area contributed by atoms with Gasteiger partial charge in [0.15, 0.2) is 11.6 Å². The minimum atomic E-state index is -4.43. The molecule has 0 bridgehead atoms. The number of nitrogens with zero attached hydrogens (tertiary/aromatic N) is 1. The lowest BCUT2D eigenvalue weighted by Crippen LogP contribution is -2.18. The third kappa shape index (κ3) is 3.45. The summed E-state index contributed by atoms with van der Waals surface area (Å²) in [7, 11) is 0. The molecule has 4 nitrogen and oxygen atoms in total. The van der Waals surface area contributed by atoms with E-state index in [1.165, 1.54) is 12.1 Å². The molecule has 138 valence electrons. The lowest BCUT2D eigenvalue weighted by atomic mass is 9.82. The van der Waals surface area contributed by atoms with Crippen LogP contribution in [-0.4, -0.2) is 16.0 Å². The SMILES string of the molecule is O=C1CC(c2ccccc2)Cc2[nH]nc(Nc3cccc(C(F)(F)F)c3)c21. The minimum absolute atomic E-state index is 0.0630. The number of benzene rings is 2. The molecule has 7 heteroatoms. The van der Waals surface area contributed by atoms with E-state index in [-0.39, 0.29) is 23.2 Å². The van der Waals surface area contributed by atoms with Crippen LogP contribution < -0.4 is 5.32 Å². The number of carbonyl (C=O) groups is 1. The van der Waals surface area contributed by atoms with Crippen molar-refractivity contribution < 1.29 is 18.0 Å². The van der Waals surface area contributed by atoms with Crippen molar-refractivity contribution in [2.75, 3.05) is 5.32 Å². The fourth-order valence-corrected chi connectivity index (χ4v) is 3.43. The van der Waals surface area contributed by atoms with Gasteiger partial charge in [0.2, 0.25) is 0 Å². The number of Topliss-reactive ketones (excluding diaryl/α,β-unsaturated/α-hetero) is 1. The highest BCUT2D eigenvalue weighted by Gasteiger charge is 2.32. The van der Waals surface area contributed by atoms with Crippen LogP contribution >= 0.6 is 0 Å². The number of alkyl halides is 3. The lowest BCUT2D eigenvalue weighted by molar-refractivity contribution is -0.137. The maximum atomic E-state index is 12.9. The number of aromatic amines is 1. The van der Waals surface area contributed by atoms with E-state index in [0.717, 1.165) is 17.7 Å². The van der Waals surface area contributed by atoms with Gasteiger partial charge in [0.05, 0.1) is 11.1 Å².